The minimum atomic E-state index is -0.466. The average Bonchev–Trinajstić information content (AvgIpc) is 2.63. The SMILES string of the molecule is CC(C)=CCO[C@@H]1CCOC[C@@H]1NC(=O)c1cnc2ccccn2c1=O. The fraction of sp³-hybridized carbons (Fsp3) is 0.421. The summed E-state index contributed by atoms with van der Waals surface area (Å²) in [5.74, 6) is -0.466. The Hall–Kier alpha value is -2.51. The number of allylic oxidation sites excluding steroid dienone is 1. The summed E-state index contributed by atoms with van der Waals surface area (Å²) in [6.45, 7) is 5.44. The van der Waals surface area contributed by atoms with Gasteiger partial charge in [0.25, 0.3) is 11.5 Å². The van der Waals surface area contributed by atoms with Crippen molar-refractivity contribution in [1.29, 1.82) is 0 Å². The number of amides is 1. The van der Waals surface area contributed by atoms with Crippen molar-refractivity contribution in [2.75, 3.05) is 19.8 Å². The molecule has 1 aliphatic heterocycles. The number of carbonyl (C=O) groups is 1. The third-order valence-electron chi connectivity index (χ3n) is 4.27. The number of pyridine rings is 1. The monoisotopic (exact) mass is 357 g/mol. The molecule has 0 aliphatic carbocycles. The minimum absolute atomic E-state index is 0.00215. The van der Waals surface area contributed by atoms with E-state index in [2.05, 4.69) is 10.3 Å². The lowest BCUT2D eigenvalue weighted by Crippen LogP contribution is -2.51. The van der Waals surface area contributed by atoms with Crippen LogP contribution >= 0.6 is 0 Å². The lowest BCUT2D eigenvalue weighted by Gasteiger charge is -2.31. The molecule has 1 fully saturated rings. The zero-order chi connectivity index (χ0) is 18.5. The summed E-state index contributed by atoms with van der Waals surface area (Å²) in [6.07, 6.45) is 5.44. The number of carbonyl (C=O) groups excluding carboxylic acids is 1. The number of hydrogen-bond acceptors (Lipinski definition) is 5. The van der Waals surface area contributed by atoms with Crippen molar-refractivity contribution >= 4 is 11.6 Å². The normalized spacial score (nSPS) is 19.9. The molecular weight excluding hydrogens is 334 g/mol. The highest BCUT2D eigenvalue weighted by molar-refractivity contribution is 5.94. The number of nitrogens with zero attached hydrogens (tertiary/aromatic N) is 2. The molecule has 7 heteroatoms. The summed E-state index contributed by atoms with van der Waals surface area (Å²) in [5.41, 5.74) is 1.28. The molecule has 1 saturated heterocycles. The number of rotatable bonds is 5. The predicted molar refractivity (Wildman–Crippen MR) is 97.3 cm³/mol. The highest BCUT2D eigenvalue weighted by atomic mass is 16.5. The van der Waals surface area contributed by atoms with E-state index in [1.165, 1.54) is 16.2 Å². The number of hydrogen-bond donors (Lipinski definition) is 1. The van der Waals surface area contributed by atoms with E-state index >= 15 is 0 Å². The molecule has 138 valence electrons. The van der Waals surface area contributed by atoms with Crippen LogP contribution in [0.2, 0.25) is 0 Å². The van der Waals surface area contributed by atoms with Gasteiger partial charge in [-0.05, 0) is 32.4 Å². The van der Waals surface area contributed by atoms with E-state index in [0.29, 0.717) is 31.9 Å². The van der Waals surface area contributed by atoms with Crippen molar-refractivity contribution in [2.24, 2.45) is 0 Å². The van der Waals surface area contributed by atoms with Gasteiger partial charge in [0.05, 0.1) is 25.4 Å². The Labute approximate surface area is 151 Å². The van der Waals surface area contributed by atoms with Gasteiger partial charge in [0.2, 0.25) is 0 Å². The van der Waals surface area contributed by atoms with Gasteiger partial charge in [0.1, 0.15) is 11.2 Å². The first-order valence-electron chi connectivity index (χ1n) is 8.66. The van der Waals surface area contributed by atoms with E-state index in [1.54, 1.807) is 24.4 Å². The van der Waals surface area contributed by atoms with Crippen molar-refractivity contribution in [3.8, 4) is 0 Å². The van der Waals surface area contributed by atoms with Crippen LogP contribution in [-0.4, -0.2) is 47.3 Å². The predicted octanol–water partition coefficient (Wildman–Crippen LogP) is 1.56. The van der Waals surface area contributed by atoms with Crippen molar-refractivity contribution in [3.63, 3.8) is 0 Å². The summed E-state index contributed by atoms with van der Waals surface area (Å²) in [4.78, 5) is 29.3. The molecule has 1 N–H and O–H groups in total. The molecular formula is C19H23N3O4. The molecule has 0 radical (unpaired) electrons. The van der Waals surface area contributed by atoms with Gasteiger partial charge in [0.15, 0.2) is 0 Å². The number of fused-ring (bicyclic) bond motifs is 1. The molecule has 2 atom stereocenters. The molecule has 0 spiro atoms. The first kappa shape index (κ1) is 18.3. The average molecular weight is 357 g/mol. The maximum Gasteiger partial charge on any atom is 0.270 e. The summed E-state index contributed by atoms with van der Waals surface area (Å²) in [7, 11) is 0. The number of aromatic nitrogens is 2. The lowest BCUT2D eigenvalue weighted by molar-refractivity contribution is -0.0457. The van der Waals surface area contributed by atoms with Gasteiger partial charge in [-0.15, -0.1) is 0 Å². The fourth-order valence-corrected chi connectivity index (χ4v) is 2.82. The molecule has 1 amide bonds. The van der Waals surface area contributed by atoms with Crippen LogP contribution < -0.4 is 10.9 Å². The van der Waals surface area contributed by atoms with Gasteiger partial charge < -0.3 is 14.8 Å². The minimum Gasteiger partial charge on any atom is -0.379 e. The Morgan fingerprint density at radius 2 is 2.31 bits per heavy atom. The van der Waals surface area contributed by atoms with Gasteiger partial charge in [-0.2, -0.15) is 0 Å². The van der Waals surface area contributed by atoms with Crippen LogP contribution in [0.5, 0.6) is 0 Å². The van der Waals surface area contributed by atoms with E-state index in [1.807, 2.05) is 19.9 Å². The third kappa shape index (κ3) is 4.17. The van der Waals surface area contributed by atoms with Crippen LogP contribution in [0.15, 0.2) is 47.0 Å². The highest BCUT2D eigenvalue weighted by Crippen LogP contribution is 2.13. The van der Waals surface area contributed by atoms with E-state index in [9.17, 15) is 9.59 Å². The van der Waals surface area contributed by atoms with Crippen LogP contribution in [-0.2, 0) is 9.47 Å². The van der Waals surface area contributed by atoms with E-state index in [0.717, 1.165) is 0 Å². The summed E-state index contributed by atoms with van der Waals surface area (Å²) >= 11 is 0. The van der Waals surface area contributed by atoms with Gasteiger partial charge in [-0.25, -0.2) is 4.98 Å². The van der Waals surface area contributed by atoms with Gasteiger partial charge >= 0.3 is 0 Å². The Kier molecular flexibility index (Phi) is 5.80. The van der Waals surface area contributed by atoms with Gasteiger partial charge in [-0.1, -0.05) is 17.7 Å². The molecule has 3 heterocycles. The smallest absolute Gasteiger partial charge is 0.270 e. The second-order valence-corrected chi connectivity index (χ2v) is 6.50. The van der Waals surface area contributed by atoms with Crippen LogP contribution in [0, 0.1) is 0 Å². The van der Waals surface area contributed by atoms with Crippen LogP contribution in [0.3, 0.4) is 0 Å². The largest absolute Gasteiger partial charge is 0.379 e. The van der Waals surface area contributed by atoms with Gasteiger partial charge in [0, 0.05) is 19.0 Å². The molecule has 0 aromatic carbocycles. The van der Waals surface area contributed by atoms with Crippen molar-refractivity contribution < 1.29 is 14.3 Å². The molecule has 2 aromatic heterocycles. The quantitative estimate of drug-likeness (QED) is 0.822. The van der Waals surface area contributed by atoms with E-state index < -0.39 is 11.5 Å². The Morgan fingerprint density at radius 3 is 3.12 bits per heavy atom. The third-order valence-corrected chi connectivity index (χ3v) is 4.27. The molecule has 7 nitrogen and oxygen atoms in total. The molecule has 0 unspecified atom stereocenters. The summed E-state index contributed by atoms with van der Waals surface area (Å²) < 4.78 is 12.7. The standard InChI is InChI=1S/C19H23N3O4/c1-13(2)6-10-26-16-7-9-25-12-15(16)21-18(23)14-11-20-17-5-3-4-8-22(17)19(14)24/h3-6,8,11,15-16H,7,9-10,12H2,1-2H3,(H,21,23)/t15-,16+/m0/s1. The highest BCUT2D eigenvalue weighted by Gasteiger charge is 2.29. The maximum absolute atomic E-state index is 12.6. The van der Waals surface area contributed by atoms with Crippen LogP contribution in [0.25, 0.3) is 5.65 Å². The Bertz CT molecular complexity index is 870. The van der Waals surface area contributed by atoms with Gasteiger partial charge in [-0.3, -0.25) is 14.0 Å². The summed E-state index contributed by atoms with van der Waals surface area (Å²) in [5, 5.41) is 2.87. The Morgan fingerprint density at radius 1 is 1.46 bits per heavy atom. The first-order valence-corrected chi connectivity index (χ1v) is 8.66. The first-order chi connectivity index (χ1) is 12.6. The molecule has 0 saturated carbocycles. The van der Waals surface area contributed by atoms with Crippen LogP contribution in [0.4, 0.5) is 0 Å². The van der Waals surface area contributed by atoms with Crippen molar-refractivity contribution in [2.45, 2.75) is 32.4 Å². The number of nitrogens with one attached hydrogen (secondary N) is 1. The zero-order valence-electron chi connectivity index (χ0n) is 15.0. The zero-order valence-corrected chi connectivity index (χ0v) is 15.0. The fourth-order valence-electron chi connectivity index (χ4n) is 2.82. The van der Waals surface area contributed by atoms with E-state index in [-0.39, 0.29) is 17.7 Å². The maximum atomic E-state index is 12.6. The Balaban J connectivity index is 1.74. The molecule has 2 aromatic rings. The number of ether oxygens (including phenoxy) is 2. The van der Waals surface area contributed by atoms with Crippen molar-refractivity contribution in [3.05, 3.63) is 58.2 Å². The second kappa shape index (κ2) is 8.25. The summed E-state index contributed by atoms with van der Waals surface area (Å²) in [6, 6.07) is 4.91. The second-order valence-electron chi connectivity index (χ2n) is 6.50. The molecule has 3 rings (SSSR count). The van der Waals surface area contributed by atoms with Crippen LogP contribution in [0.1, 0.15) is 30.6 Å². The lowest BCUT2D eigenvalue weighted by atomic mass is 10.1. The van der Waals surface area contributed by atoms with Crippen molar-refractivity contribution in [1.82, 2.24) is 14.7 Å². The molecule has 26 heavy (non-hydrogen) atoms. The molecule has 0 bridgehead atoms. The van der Waals surface area contributed by atoms with E-state index in [4.69, 9.17) is 9.47 Å². The molecule has 1 aliphatic rings. The topological polar surface area (TPSA) is 81.9 Å².